The van der Waals surface area contributed by atoms with Crippen molar-refractivity contribution >= 4 is 23.2 Å². The molecule has 1 atom stereocenters. The van der Waals surface area contributed by atoms with Crippen LogP contribution in [-0.4, -0.2) is 39.5 Å². The van der Waals surface area contributed by atoms with Gasteiger partial charge in [0.05, 0.1) is 6.20 Å². The highest BCUT2D eigenvalue weighted by molar-refractivity contribution is 7.16. The van der Waals surface area contributed by atoms with E-state index in [-0.39, 0.29) is 24.2 Å². The molecule has 132 valence electrons. The number of rotatable bonds is 5. The van der Waals surface area contributed by atoms with Gasteiger partial charge in [0.2, 0.25) is 0 Å². The molecule has 1 aliphatic rings. The first-order valence-electron chi connectivity index (χ1n) is 8.30. The molecule has 2 heterocycles. The zero-order valence-electron chi connectivity index (χ0n) is 13.7. The van der Waals surface area contributed by atoms with Gasteiger partial charge >= 0.3 is 5.97 Å². The normalized spacial score (nSPS) is 17.5. The zero-order valence-corrected chi connectivity index (χ0v) is 14.5. The third-order valence-electron chi connectivity index (χ3n) is 4.40. The van der Waals surface area contributed by atoms with E-state index in [4.69, 9.17) is 5.11 Å². The number of piperidine rings is 1. The highest BCUT2D eigenvalue weighted by Gasteiger charge is 2.29. The van der Waals surface area contributed by atoms with Gasteiger partial charge in [0, 0.05) is 24.6 Å². The van der Waals surface area contributed by atoms with Crippen LogP contribution in [0.5, 0.6) is 0 Å². The Balaban J connectivity index is 1.78. The second-order valence-electron chi connectivity index (χ2n) is 6.09. The van der Waals surface area contributed by atoms with Crippen molar-refractivity contribution in [3.63, 3.8) is 0 Å². The molecule has 0 bridgehead atoms. The molecule has 1 aromatic heterocycles. The van der Waals surface area contributed by atoms with E-state index < -0.39 is 5.97 Å². The van der Waals surface area contributed by atoms with E-state index in [0.717, 1.165) is 19.3 Å². The molecule has 1 aromatic carbocycles. The fourth-order valence-corrected chi connectivity index (χ4v) is 4.03. The molecular weight excluding hydrogens is 343 g/mol. The van der Waals surface area contributed by atoms with Crippen LogP contribution in [0, 0.1) is 5.82 Å². The third kappa shape index (κ3) is 4.04. The van der Waals surface area contributed by atoms with E-state index in [0.29, 0.717) is 28.4 Å². The van der Waals surface area contributed by atoms with Crippen molar-refractivity contribution in [2.24, 2.45) is 0 Å². The first kappa shape index (κ1) is 17.5. The number of hydrogen-bond acceptors (Lipinski definition) is 4. The molecule has 0 spiro atoms. The third-order valence-corrected chi connectivity index (χ3v) is 5.42. The topological polar surface area (TPSA) is 70.5 Å². The Morgan fingerprint density at radius 1 is 1.32 bits per heavy atom. The summed E-state index contributed by atoms with van der Waals surface area (Å²) in [6, 6.07) is 6.29. The highest BCUT2D eigenvalue weighted by atomic mass is 32.1. The number of amides is 1. The minimum atomic E-state index is -0.849. The maximum atomic E-state index is 13.9. The molecule has 25 heavy (non-hydrogen) atoms. The van der Waals surface area contributed by atoms with Crippen molar-refractivity contribution in [1.29, 1.82) is 0 Å². The lowest BCUT2D eigenvalue weighted by molar-refractivity contribution is -0.137. The molecule has 2 aromatic rings. The van der Waals surface area contributed by atoms with Gasteiger partial charge in [0.25, 0.3) is 5.91 Å². The molecular formula is C18H19FN2O3S. The molecule has 5 nitrogen and oxygen atoms in total. The van der Waals surface area contributed by atoms with Crippen molar-refractivity contribution in [1.82, 2.24) is 9.88 Å². The maximum Gasteiger partial charge on any atom is 0.303 e. The lowest BCUT2D eigenvalue weighted by Gasteiger charge is -2.35. The first-order chi connectivity index (χ1) is 12.1. The lowest BCUT2D eigenvalue weighted by Crippen LogP contribution is -2.43. The molecule has 1 fully saturated rings. The Kier molecular flexibility index (Phi) is 5.43. The van der Waals surface area contributed by atoms with E-state index in [2.05, 4.69) is 4.98 Å². The summed E-state index contributed by atoms with van der Waals surface area (Å²) in [7, 11) is 0. The Labute approximate surface area is 149 Å². The SMILES string of the molecule is O=C(O)CC[C@@H]1CCCCN1C(=O)c1cnc(-c2ccccc2F)s1. The predicted molar refractivity (Wildman–Crippen MR) is 93.1 cm³/mol. The summed E-state index contributed by atoms with van der Waals surface area (Å²) in [4.78, 5) is 30.1. The lowest BCUT2D eigenvalue weighted by atomic mass is 9.97. The summed E-state index contributed by atoms with van der Waals surface area (Å²) in [5, 5.41) is 9.37. The van der Waals surface area contributed by atoms with Crippen LogP contribution in [0.25, 0.3) is 10.6 Å². The van der Waals surface area contributed by atoms with Crippen LogP contribution in [0.3, 0.4) is 0 Å². The van der Waals surface area contributed by atoms with Crippen molar-refractivity contribution < 1.29 is 19.1 Å². The maximum absolute atomic E-state index is 13.9. The summed E-state index contributed by atoms with van der Waals surface area (Å²) in [5.41, 5.74) is 0.382. The molecule has 7 heteroatoms. The van der Waals surface area contributed by atoms with Gasteiger partial charge in [-0.1, -0.05) is 12.1 Å². The Morgan fingerprint density at radius 3 is 2.88 bits per heavy atom. The summed E-state index contributed by atoms with van der Waals surface area (Å²) < 4.78 is 13.9. The van der Waals surface area contributed by atoms with Crippen LogP contribution >= 0.6 is 11.3 Å². The van der Waals surface area contributed by atoms with Crippen LogP contribution in [0.15, 0.2) is 30.5 Å². The standard InChI is InChI=1S/C18H19FN2O3S/c19-14-7-2-1-6-13(14)17-20-11-15(25-17)18(24)21-10-4-3-5-12(21)8-9-16(22)23/h1-2,6-7,11-12H,3-5,8-10H2,(H,22,23)/t12-/m0/s1. The van der Waals surface area contributed by atoms with Crippen LogP contribution < -0.4 is 0 Å². The van der Waals surface area contributed by atoms with Gasteiger partial charge in [0.15, 0.2) is 0 Å². The van der Waals surface area contributed by atoms with E-state index in [1.54, 1.807) is 23.1 Å². The number of aromatic nitrogens is 1. The van der Waals surface area contributed by atoms with Crippen molar-refractivity contribution in [3.05, 3.63) is 41.2 Å². The molecule has 1 N–H and O–H groups in total. The van der Waals surface area contributed by atoms with Crippen molar-refractivity contribution in [3.8, 4) is 10.6 Å². The molecule has 0 aliphatic carbocycles. The van der Waals surface area contributed by atoms with Gasteiger partial charge < -0.3 is 10.0 Å². The van der Waals surface area contributed by atoms with Gasteiger partial charge in [-0.25, -0.2) is 9.37 Å². The number of hydrogen-bond donors (Lipinski definition) is 1. The van der Waals surface area contributed by atoms with Gasteiger partial charge in [-0.05, 0) is 37.8 Å². The predicted octanol–water partition coefficient (Wildman–Crippen LogP) is 3.81. The van der Waals surface area contributed by atoms with E-state index in [1.807, 2.05) is 0 Å². The molecule has 3 rings (SSSR count). The second kappa shape index (κ2) is 7.74. The minimum Gasteiger partial charge on any atom is -0.481 e. The summed E-state index contributed by atoms with van der Waals surface area (Å²) in [6.45, 7) is 0.621. The Hall–Kier alpha value is -2.28. The molecule has 1 aliphatic heterocycles. The molecule has 0 saturated carbocycles. The zero-order chi connectivity index (χ0) is 17.8. The number of likely N-dealkylation sites (tertiary alicyclic amines) is 1. The monoisotopic (exact) mass is 362 g/mol. The van der Waals surface area contributed by atoms with Crippen LogP contribution in [-0.2, 0) is 4.79 Å². The summed E-state index contributed by atoms with van der Waals surface area (Å²) in [5.74, 6) is -1.36. The number of aliphatic carboxylic acids is 1. The molecule has 0 radical (unpaired) electrons. The highest BCUT2D eigenvalue weighted by Crippen LogP contribution is 2.30. The minimum absolute atomic E-state index is 0.0532. The van der Waals surface area contributed by atoms with Gasteiger partial charge in [-0.2, -0.15) is 0 Å². The fraction of sp³-hybridized carbons (Fsp3) is 0.389. The number of thiazole rings is 1. The summed E-state index contributed by atoms with van der Waals surface area (Å²) >= 11 is 1.17. The molecule has 1 amide bonds. The average Bonchev–Trinajstić information content (AvgIpc) is 3.10. The first-order valence-corrected chi connectivity index (χ1v) is 9.11. The van der Waals surface area contributed by atoms with Crippen LogP contribution in [0.4, 0.5) is 4.39 Å². The number of carbonyl (C=O) groups excluding carboxylic acids is 1. The van der Waals surface area contributed by atoms with Gasteiger partial charge in [-0.15, -0.1) is 11.3 Å². The van der Waals surface area contributed by atoms with Crippen molar-refractivity contribution in [2.75, 3.05) is 6.54 Å². The summed E-state index contributed by atoms with van der Waals surface area (Å²) in [6.07, 6.45) is 4.72. The van der Waals surface area contributed by atoms with Crippen molar-refractivity contribution in [2.45, 2.75) is 38.1 Å². The Morgan fingerprint density at radius 2 is 2.12 bits per heavy atom. The van der Waals surface area contributed by atoms with E-state index >= 15 is 0 Å². The van der Waals surface area contributed by atoms with Crippen LogP contribution in [0.2, 0.25) is 0 Å². The molecule has 0 unspecified atom stereocenters. The van der Waals surface area contributed by atoms with Gasteiger partial charge in [0.1, 0.15) is 15.7 Å². The largest absolute Gasteiger partial charge is 0.481 e. The van der Waals surface area contributed by atoms with E-state index in [1.165, 1.54) is 23.6 Å². The van der Waals surface area contributed by atoms with Crippen LogP contribution in [0.1, 0.15) is 41.8 Å². The fourth-order valence-electron chi connectivity index (χ4n) is 3.13. The number of carboxylic acid groups (broad SMARTS) is 1. The smallest absolute Gasteiger partial charge is 0.303 e. The number of carboxylic acids is 1. The average molecular weight is 362 g/mol. The number of benzene rings is 1. The van der Waals surface area contributed by atoms with E-state index in [9.17, 15) is 14.0 Å². The van der Waals surface area contributed by atoms with Gasteiger partial charge in [-0.3, -0.25) is 9.59 Å². The number of halogens is 1. The number of nitrogens with zero attached hydrogens (tertiary/aromatic N) is 2. The number of carbonyl (C=O) groups is 2. The molecule has 1 saturated heterocycles. The Bertz CT molecular complexity index is 777. The quantitative estimate of drug-likeness (QED) is 0.878. The second-order valence-corrected chi connectivity index (χ2v) is 7.12.